The lowest BCUT2D eigenvalue weighted by molar-refractivity contribution is -0.140. The van der Waals surface area contributed by atoms with Crippen molar-refractivity contribution in [1.29, 1.82) is 0 Å². The van der Waals surface area contributed by atoms with Gasteiger partial charge >= 0.3 is 0 Å². The topological polar surface area (TPSA) is 76.1 Å². The van der Waals surface area contributed by atoms with Crippen LogP contribution in [0.5, 0.6) is 5.75 Å². The zero-order chi connectivity index (χ0) is 25.9. The third kappa shape index (κ3) is 5.76. The molecule has 6 heteroatoms. The smallest absolute Gasteiger partial charge is 0.295 e. The van der Waals surface area contributed by atoms with Crippen LogP contribution in [0.3, 0.4) is 0 Å². The van der Waals surface area contributed by atoms with Gasteiger partial charge in [0.05, 0.1) is 30.9 Å². The van der Waals surface area contributed by atoms with Crippen molar-refractivity contribution in [3.8, 4) is 5.75 Å². The second-order valence-corrected chi connectivity index (χ2v) is 10.2. The van der Waals surface area contributed by atoms with E-state index in [1.807, 2.05) is 64.1 Å². The number of ether oxygens (including phenoxy) is 2. The van der Waals surface area contributed by atoms with E-state index in [4.69, 9.17) is 9.47 Å². The molecular weight excluding hydrogens is 442 g/mol. The molecule has 2 aromatic carbocycles. The van der Waals surface area contributed by atoms with E-state index in [-0.39, 0.29) is 29.4 Å². The number of aliphatic hydroxyl groups excluding tert-OH is 1. The molecule has 0 spiro atoms. The number of hydrogen-bond donors (Lipinski definition) is 1. The molecule has 1 heterocycles. The summed E-state index contributed by atoms with van der Waals surface area (Å²) < 4.78 is 11.5. The molecule has 1 saturated heterocycles. The van der Waals surface area contributed by atoms with Gasteiger partial charge in [-0.2, -0.15) is 0 Å². The molecule has 1 N–H and O–H groups in total. The number of carbonyl (C=O) groups excluding carboxylic acids is 2. The van der Waals surface area contributed by atoms with Crippen molar-refractivity contribution in [3.05, 3.63) is 70.3 Å². The van der Waals surface area contributed by atoms with E-state index in [9.17, 15) is 14.7 Å². The Morgan fingerprint density at radius 1 is 1.11 bits per heavy atom. The first-order valence-electron chi connectivity index (χ1n) is 12.2. The van der Waals surface area contributed by atoms with Crippen LogP contribution in [-0.4, -0.2) is 47.6 Å². The Balaban J connectivity index is 2.16. The molecule has 1 aliphatic rings. The van der Waals surface area contributed by atoms with E-state index in [0.717, 1.165) is 22.4 Å². The van der Waals surface area contributed by atoms with Gasteiger partial charge in [-0.3, -0.25) is 9.59 Å². The van der Waals surface area contributed by atoms with Gasteiger partial charge in [-0.15, -0.1) is 0 Å². The predicted molar refractivity (Wildman–Crippen MR) is 138 cm³/mol. The van der Waals surface area contributed by atoms with Gasteiger partial charge in [0.2, 0.25) is 0 Å². The highest BCUT2D eigenvalue weighted by Gasteiger charge is 2.46. The number of ketones is 1. The lowest BCUT2D eigenvalue weighted by Crippen LogP contribution is -2.33. The lowest BCUT2D eigenvalue weighted by atomic mass is 9.84. The summed E-state index contributed by atoms with van der Waals surface area (Å²) in [6.07, 6.45) is 0.00363. The summed E-state index contributed by atoms with van der Waals surface area (Å²) in [5, 5.41) is 11.5. The average Bonchev–Trinajstić information content (AvgIpc) is 3.03. The number of Topliss-reactive ketones (excluding diaryl/α,β-unsaturated/α-hetero) is 1. The largest absolute Gasteiger partial charge is 0.507 e. The first kappa shape index (κ1) is 26.5. The molecule has 2 aromatic rings. The third-order valence-electron chi connectivity index (χ3n) is 6.04. The van der Waals surface area contributed by atoms with Crippen molar-refractivity contribution < 1.29 is 24.2 Å². The van der Waals surface area contributed by atoms with Crippen molar-refractivity contribution >= 4 is 17.4 Å². The van der Waals surface area contributed by atoms with Crippen LogP contribution < -0.4 is 4.74 Å². The molecular formula is C29H37NO5. The van der Waals surface area contributed by atoms with Crippen LogP contribution in [-0.2, 0) is 19.7 Å². The van der Waals surface area contributed by atoms with Crippen LogP contribution in [0.2, 0.25) is 0 Å². The fourth-order valence-electron chi connectivity index (χ4n) is 4.38. The molecule has 1 amide bonds. The highest BCUT2D eigenvalue weighted by Crippen LogP contribution is 2.41. The predicted octanol–water partition coefficient (Wildman–Crippen LogP) is 5.54. The zero-order valence-electron chi connectivity index (χ0n) is 21.8. The Labute approximate surface area is 208 Å². The number of amides is 1. The number of likely N-dealkylation sites (tertiary alicyclic amines) is 1. The SMILES string of the molecule is CCOc1ccc(/C(O)=C2/C(=O)C(=O)N(CCOC(C)C)C2c2cccc(C)c2)cc1C(C)(C)C. The van der Waals surface area contributed by atoms with Gasteiger partial charge in [0.1, 0.15) is 11.5 Å². The van der Waals surface area contributed by atoms with Gasteiger partial charge in [0.25, 0.3) is 11.7 Å². The maximum Gasteiger partial charge on any atom is 0.295 e. The van der Waals surface area contributed by atoms with Crippen molar-refractivity contribution in [2.75, 3.05) is 19.8 Å². The summed E-state index contributed by atoms with van der Waals surface area (Å²) in [6, 6.07) is 12.4. The maximum atomic E-state index is 13.3. The number of aryl methyl sites for hydroxylation is 1. The average molecular weight is 480 g/mol. The van der Waals surface area contributed by atoms with E-state index in [0.29, 0.717) is 18.8 Å². The standard InChI is InChI=1S/C29H37NO5/c1-8-34-23-13-12-21(17-22(23)29(5,6)7)26(31)24-25(20-11-9-10-19(4)16-20)30(28(33)27(24)32)14-15-35-18(2)3/h9-13,16-18,25,31H,8,14-15H2,1-7H3/b26-24-. The zero-order valence-corrected chi connectivity index (χ0v) is 21.8. The van der Waals surface area contributed by atoms with Gasteiger partial charge in [-0.1, -0.05) is 50.6 Å². The summed E-state index contributed by atoms with van der Waals surface area (Å²) in [5.41, 5.74) is 3.01. The van der Waals surface area contributed by atoms with E-state index < -0.39 is 17.7 Å². The first-order valence-corrected chi connectivity index (χ1v) is 12.2. The molecule has 0 radical (unpaired) electrons. The van der Waals surface area contributed by atoms with E-state index in [1.54, 1.807) is 6.07 Å². The number of rotatable bonds is 8. The highest BCUT2D eigenvalue weighted by molar-refractivity contribution is 6.46. The quantitative estimate of drug-likeness (QED) is 0.306. The molecule has 0 aliphatic carbocycles. The number of carbonyl (C=O) groups is 2. The van der Waals surface area contributed by atoms with Gasteiger partial charge in [0, 0.05) is 17.7 Å². The Kier molecular flexibility index (Phi) is 8.06. The van der Waals surface area contributed by atoms with E-state index >= 15 is 0 Å². The number of hydrogen-bond acceptors (Lipinski definition) is 5. The van der Waals surface area contributed by atoms with Gasteiger partial charge in [-0.05, 0) is 56.9 Å². The summed E-state index contributed by atoms with van der Waals surface area (Å²) in [7, 11) is 0. The molecule has 1 unspecified atom stereocenters. The van der Waals surface area contributed by atoms with Crippen molar-refractivity contribution in [2.24, 2.45) is 0 Å². The van der Waals surface area contributed by atoms with Crippen LogP contribution >= 0.6 is 0 Å². The first-order chi connectivity index (χ1) is 16.5. The molecule has 3 rings (SSSR count). The van der Waals surface area contributed by atoms with Gasteiger partial charge in [0.15, 0.2) is 0 Å². The fourth-order valence-corrected chi connectivity index (χ4v) is 4.38. The number of nitrogens with zero attached hydrogens (tertiary/aromatic N) is 1. The third-order valence-corrected chi connectivity index (χ3v) is 6.04. The van der Waals surface area contributed by atoms with E-state index in [1.165, 1.54) is 4.90 Å². The molecule has 1 aliphatic heterocycles. The fraction of sp³-hybridized carbons (Fsp3) is 0.448. The Bertz CT molecular complexity index is 1130. The molecule has 1 fully saturated rings. The van der Waals surface area contributed by atoms with Crippen molar-refractivity contribution in [1.82, 2.24) is 4.90 Å². The second-order valence-electron chi connectivity index (χ2n) is 10.2. The minimum Gasteiger partial charge on any atom is -0.507 e. The highest BCUT2D eigenvalue weighted by atomic mass is 16.5. The Morgan fingerprint density at radius 2 is 1.83 bits per heavy atom. The van der Waals surface area contributed by atoms with Crippen molar-refractivity contribution in [3.63, 3.8) is 0 Å². The Hall–Kier alpha value is -3.12. The van der Waals surface area contributed by atoms with Crippen LogP contribution in [0.25, 0.3) is 5.76 Å². The van der Waals surface area contributed by atoms with Crippen LogP contribution in [0, 0.1) is 6.92 Å². The maximum absolute atomic E-state index is 13.3. The monoisotopic (exact) mass is 479 g/mol. The molecule has 6 nitrogen and oxygen atoms in total. The summed E-state index contributed by atoms with van der Waals surface area (Å²) in [4.78, 5) is 27.9. The minimum atomic E-state index is -0.699. The molecule has 188 valence electrons. The van der Waals surface area contributed by atoms with Gasteiger partial charge in [-0.25, -0.2) is 0 Å². The molecule has 1 atom stereocenters. The molecule has 0 aromatic heterocycles. The summed E-state index contributed by atoms with van der Waals surface area (Å²) in [5.74, 6) is -0.772. The summed E-state index contributed by atoms with van der Waals surface area (Å²) >= 11 is 0. The lowest BCUT2D eigenvalue weighted by Gasteiger charge is -2.26. The van der Waals surface area contributed by atoms with Crippen LogP contribution in [0.15, 0.2) is 48.0 Å². The molecule has 0 saturated carbocycles. The van der Waals surface area contributed by atoms with E-state index in [2.05, 4.69) is 20.8 Å². The number of aliphatic hydroxyl groups is 1. The van der Waals surface area contributed by atoms with Crippen molar-refractivity contribution in [2.45, 2.75) is 66.0 Å². The van der Waals surface area contributed by atoms with Crippen LogP contribution in [0.1, 0.15) is 69.8 Å². The summed E-state index contributed by atoms with van der Waals surface area (Å²) in [6.45, 7) is 15.0. The molecule has 0 bridgehead atoms. The Morgan fingerprint density at radius 3 is 2.43 bits per heavy atom. The second kappa shape index (κ2) is 10.6. The van der Waals surface area contributed by atoms with Gasteiger partial charge < -0.3 is 19.5 Å². The van der Waals surface area contributed by atoms with Crippen LogP contribution in [0.4, 0.5) is 0 Å². The minimum absolute atomic E-state index is 0.00363. The normalized spacial score (nSPS) is 17.9. The number of benzene rings is 2. The molecule has 35 heavy (non-hydrogen) atoms.